The average Bonchev–Trinajstić information content (AvgIpc) is 2.57. The summed E-state index contributed by atoms with van der Waals surface area (Å²) in [5.41, 5.74) is 0.288. The van der Waals surface area contributed by atoms with Crippen molar-refractivity contribution in [3.63, 3.8) is 0 Å². The lowest BCUT2D eigenvalue weighted by molar-refractivity contribution is -0.154. The van der Waals surface area contributed by atoms with Crippen LogP contribution in [0.15, 0.2) is 24.3 Å². The van der Waals surface area contributed by atoms with Crippen LogP contribution in [0.5, 0.6) is 5.75 Å². The van der Waals surface area contributed by atoms with E-state index in [2.05, 4.69) is 13.8 Å². The molecule has 0 aromatic heterocycles. The molecular weight excluding hydrogens is 240 g/mol. The Kier molecular flexibility index (Phi) is 3.33. The molecule has 104 valence electrons. The van der Waals surface area contributed by atoms with Gasteiger partial charge in [-0.3, -0.25) is 4.79 Å². The fourth-order valence-corrected chi connectivity index (χ4v) is 3.25. The van der Waals surface area contributed by atoms with Crippen LogP contribution in [0.4, 0.5) is 0 Å². The van der Waals surface area contributed by atoms with Crippen molar-refractivity contribution in [2.45, 2.75) is 40.0 Å². The molecule has 2 atom stereocenters. The third kappa shape index (κ3) is 2.22. The van der Waals surface area contributed by atoms with Gasteiger partial charge in [0, 0.05) is 0 Å². The number of rotatable bonds is 3. The first kappa shape index (κ1) is 13.9. The molecule has 0 radical (unpaired) electrons. The van der Waals surface area contributed by atoms with E-state index in [9.17, 15) is 15.0 Å². The molecule has 0 bridgehead atoms. The summed E-state index contributed by atoms with van der Waals surface area (Å²) in [7, 11) is 0. The Labute approximate surface area is 114 Å². The van der Waals surface area contributed by atoms with Crippen molar-refractivity contribution in [2.24, 2.45) is 16.7 Å². The highest BCUT2D eigenvalue weighted by Gasteiger charge is 2.55. The summed E-state index contributed by atoms with van der Waals surface area (Å²) in [5, 5.41) is 18.8. The third-order valence-corrected chi connectivity index (χ3v) is 5.33. The normalized spacial score (nSPS) is 29.3. The molecule has 0 unspecified atom stereocenters. The second-order valence-electron chi connectivity index (χ2n) is 6.47. The molecule has 1 saturated carbocycles. The van der Waals surface area contributed by atoms with E-state index in [1.54, 1.807) is 12.1 Å². The highest BCUT2D eigenvalue weighted by molar-refractivity contribution is 5.75. The number of carboxylic acid groups (broad SMARTS) is 1. The molecule has 3 nitrogen and oxygen atoms in total. The zero-order chi connectivity index (χ0) is 14.3. The number of phenolic OH excluding ortho intramolecular Hbond substituents is 1. The summed E-state index contributed by atoms with van der Waals surface area (Å²) in [6.07, 6.45) is 2.55. The predicted octanol–water partition coefficient (Wildman–Crippen LogP) is 3.46. The van der Waals surface area contributed by atoms with Crippen molar-refractivity contribution < 1.29 is 15.0 Å². The molecule has 1 aromatic rings. The second-order valence-corrected chi connectivity index (χ2v) is 6.47. The molecule has 0 amide bonds. The van der Waals surface area contributed by atoms with Gasteiger partial charge in [0.1, 0.15) is 5.75 Å². The van der Waals surface area contributed by atoms with E-state index in [1.165, 1.54) is 0 Å². The van der Waals surface area contributed by atoms with Crippen LogP contribution in [-0.4, -0.2) is 16.2 Å². The number of benzene rings is 1. The van der Waals surface area contributed by atoms with Gasteiger partial charge in [-0.2, -0.15) is 0 Å². The molecule has 0 saturated heterocycles. The Bertz CT molecular complexity index is 475. The fraction of sp³-hybridized carbons (Fsp3) is 0.562. The van der Waals surface area contributed by atoms with Crippen molar-refractivity contribution in [2.75, 3.05) is 0 Å². The largest absolute Gasteiger partial charge is 0.508 e. The Morgan fingerprint density at radius 3 is 2.32 bits per heavy atom. The molecule has 19 heavy (non-hydrogen) atoms. The van der Waals surface area contributed by atoms with Crippen molar-refractivity contribution in [3.8, 4) is 5.75 Å². The Morgan fingerprint density at radius 1 is 1.26 bits per heavy atom. The standard InChI is InChI=1S/C16H22O3/c1-15(2)12(8-9-16(15,3)14(18)19)10-11-4-6-13(17)7-5-11/h4-7,12,17H,8-10H2,1-3H3,(H,18,19)/t12-,16-/m1/s1. The Balaban J connectivity index is 2.19. The van der Waals surface area contributed by atoms with Gasteiger partial charge in [0.15, 0.2) is 0 Å². The summed E-state index contributed by atoms with van der Waals surface area (Å²) >= 11 is 0. The topological polar surface area (TPSA) is 57.5 Å². The van der Waals surface area contributed by atoms with Crippen molar-refractivity contribution in [1.29, 1.82) is 0 Å². The molecule has 0 spiro atoms. The maximum absolute atomic E-state index is 11.5. The van der Waals surface area contributed by atoms with E-state index in [4.69, 9.17) is 0 Å². The first-order valence-corrected chi connectivity index (χ1v) is 6.78. The van der Waals surface area contributed by atoms with Crippen LogP contribution in [0.1, 0.15) is 39.2 Å². The van der Waals surface area contributed by atoms with Gasteiger partial charge >= 0.3 is 5.97 Å². The van der Waals surface area contributed by atoms with E-state index in [0.29, 0.717) is 5.92 Å². The van der Waals surface area contributed by atoms with Gasteiger partial charge in [-0.1, -0.05) is 26.0 Å². The summed E-state index contributed by atoms with van der Waals surface area (Å²) in [5.74, 6) is -0.0614. The van der Waals surface area contributed by atoms with Gasteiger partial charge in [-0.05, 0) is 55.2 Å². The van der Waals surface area contributed by atoms with Gasteiger partial charge < -0.3 is 10.2 Å². The molecule has 1 aromatic carbocycles. The first-order valence-electron chi connectivity index (χ1n) is 6.78. The highest BCUT2D eigenvalue weighted by atomic mass is 16.4. The van der Waals surface area contributed by atoms with Crippen molar-refractivity contribution >= 4 is 5.97 Å². The van der Waals surface area contributed by atoms with E-state index in [-0.39, 0.29) is 11.2 Å². The molecule has 0 heterocycles. The maximum atomic E-state index is 11.5. The number of aliphatic carboxylic acids is 1. The van der Waals surface area contributed by atoms with Crippen molar-refractivity contribution in [3.05, 3.63) is 29.8 Å². The van der Waals surface area contributed by atoms with Crippen LogP contribution >= 0.6 is 0 Å². The van der Waals surface area contributed by atoms with Crippen molar-refractivity contribution in [1.82, 2.24) is 0 Å². The number of carbonyl (C=O) groups is 1. The minimum Gasteiger partial charge on any atom is -0.508 e. The molecule has 2 rings (SSSR count). The van der Waals surface area contributed by atoms with Crippen LogP contribution in [0.3, 0.4) is 0 Å². The van der Waals surface area contributed by atoms with E-state index in [1.807, 2.05) is 19.1 Å². The zero-order valence-corrected chi connectivity index (χ0v) is 11.8. The molecule has 2 N–H and O–H groups in total. The van der Waals surface area contributed by atoms with E-state index < -0.39 is 11.4 Å². The molecule has 1 aliphatic carbocycles. The number of phenols is 1. The maximum Gasteiger partial charge on any atom is 0.309 e. The second kappa shape index (κ2) is 4.55. The summed E-state index contributed by atoms with van der Waals surface area (Å²) < 4.78 is 0. The lowest BCUT2D eigenvalue weighted by Gasteiger charge is -2.38. The zero-order valence-electron chi connectivity index (χ0n) is 11.8. The molecule has 1 aliphatic rings. The van der Waals surface area contributed by atoms with Gasteiger partial charge in [0.05, 0.1) is 5.41 Å². The molecule has 0 aliphatic heterocycles. The van der Waals surface area contributed by atoms with E-state index >= 15 is 0 Å². The van der Waals surface area contributed by atoms with Gasteiger partial charge in [-0.25, -0.2) is 0 Å². The van der Waals surface area contributed by atoms with Gasteiger partial charge in [0.2, 0.25) is 0 Å². The lowest BCUT2D eigenvalue weighted by Crippen LogP contribution is -2.41. The molecular formula is C16H22O3. The van der Waals surface area contributed by atoms with Crippen LogP contribution < -0.4 is 0 Å². The fourth-order valence-electron chi connectivity index (χ4n) is 3.25. The predicted molar refractivity (Wildman–Crippen MR) is 74.1 cm³/mol. The number of hydrogen-bond donors (Lipinski definition) is 2. The monoisotopic (exact) mass is 262 g/mol. The number of carboxylic acids is 1. The summed E-state index contributed by atoms with van der Waals surface area (Å²) in [6.45, 7) is 6.00. The lowest BCUT2D eigenvalue weighted by atomic mass is 9.65. The van der Waals surface area contributed by atoms with Crippen LogP contribution in [0.25, 0.3) is 0 Å². The smallest absolute Gasteiger partial charge is 0.309 e. The van der Waals surface area contributed by atoms with E-state index in [0.717, 1.165) is 24.8 Å². The van der Waals surface area contributed by atoms with Crippen LogP contribution in [0.2, 0.25) is 0 Å². The summed E-state index contributed by atoms with van der Waals surface area (Å²) in [6, 6.07) is 7.21. The van der Waals surface area contributed by atoms with Gasteiger partial charge in [-0.15, -0.1) is 0 Å². The summed E-state index contributed by atoms with van der Waals surface area (Å²) in [4.78, 5) is 11.5. The average molecular weight is 262 g/mol. The quantitative estimate of drug-likeness (QED) is 0.877. The van der Waals surface area contributed by atoms with Gasteiger partial charge in [0.25, 0.3) is 0 Å². The SMILES string of the molecule is CC1(C)[C@@H](Cc2ccc(O)cc2)CC[C@]1(C)C(=O)O. The number of hydrogen-bond acceptors (Lipinski definition) is 2. The molecule has 3 heteroatoms. The first-order chi connectivity index (χ1) is 8.77. The Morgan fingerprint density at radius 2 is 1.84 bits per heavy atom. The Hall–Kier alpha value is -1.51. The van der Waals surface area contributed by atoms with Crippen LogP contribution in [0, 0.1) is 16.7 Å². The third-order valence-electron chi connectivity index (χ3n) is 5.33. The van der Waals surface area contributed by atoms with Crippen LogP contribution in [-0.2, 0) is 11.2 Å². The minimum atomic E-state index is -0.689. The number of aromatic hydroxyl groups is 1. The highest BCUT2D eigenvalue weighted by Crippen LogP contribution is 2.56. The minimum absolute atomic E-state index is 0.225. The molecule has 1 fully saturated rings.